The van der Waals surface area contributed by atoms with Gasteiger partial charge in [-0.3, -0.25) is 4.79 Å². The third kappa shape index (κ3) is 6.39. The average Bonchev–Trinajstić information content (AvgIpc) is 2.78. The highest BCUT2D eigenvalue weighted by Gasteiger charge is 2.26. The summed E-state index contributed by atoms with van der Waals surface area (Å²) in [6.45, 7) is 2.65. The fraction of sp³-hybridized carbons (Fsp3) is 0.273. The first-order chi connectivity index (χ1) is 15.3. The molecule has 1 atom stereocenters. The number of hydrogen-bond donors (Lipinski definition) is 1. The molecule has 0 aromatic heterocycles. The van der Waals surface area contributed by atoms with Gasteiger partial charge in [-0.2, -0.15) is 4.31 Å². The number of anilines is 1. The van der Waals surface area contributed by atoms with Gasteiger partial charge in [-0.25, -0.2) is 13.2 Å². The summed E-state index contributed by atoms with van der Waals surface area (Å²) in [6, 6.07) is 12.8. The second-order valence-electron chi connectivity index (χ2n) is 7.00. The van der Waals surface area contributed by atoms with E-state index in [0.717, 1.165) is 0 Å². The van der Waals surface area contributed by atoms with E-state index in [2.05, 4.69) is 5.32 Å². The second-order valence-corrected chi connectivity index (χ2v) is 9.38. The molecule has 0 saturated carbocycles. The van der Waals surface area contributed by atoms with Crippen molar-refractivity contribution in [2.45, 2.75) is 17.9 Å². The predicted molar refractivity (Wildman–Crippen MR) is 121 cm³/mol. The standard InChI is InChI=1S/C22H23ClN2O6S/c1-16(31-21(26)9-8-17-4-2-5-18(23)14-17)22(27)24-19-6-3-7-20(15-19)32(28,29)25-10-12-30-13-11-25/h2-9,14-16H,10-13H2,1H3,(H,24,27)/b9-8+. The van der Waals surface area contributed by atoms with Crippen LogP contribution in [-0.4, -0.2) is 57.0 Å². The Morgan fingerprint density at radius 2 is 1.88 bits per heavy atom. The van der Waals surface area contributed by atoms with E-state index in [1.807, 2.05) is 0 Å². The van der Waals surface area contributed by atoms with Crippen molar-refractivity contribution in [2.75, 3.05) is 31.6 Å². The van der Waals surface area contributed by atoms with Crippen molar-refractivity contribution in [3.05, 3.63) is 65.2 Å². The van der Waals surface area contributed by atoms with Crippen LogP contribution in [0.1, 0.15) is 12.5 Å². The van der Waals surface area contributed by atoms with Crippen LogP contribution in [0.15, 0.2) is 59.5 Å². The first kappa shape index (κ1) is 23.9. The van der Waals surface area contributed by atoms with Crippen LogP contribution in [0.25, 0.3) is 6.08 Å². The highest BCUT2D eigenvalue weighted by molar-refractivity contribution is 7.89. The van der Waals surface area contributed by atoms with Crippen molar-refractivity contribution in [2.24, 2.45) is 0 Å². The fourth-order valence-electron chi connectivity index (χ4n) is 2.96. The highest BCUT2D eigenvalue weighted by Crippen LogP contribution is 2.21. The molecule has 0 radical (unpaired) electrons. The largest absolute Gasteiger partial charge is 0.449 e. The summed E-state index contributed by atoms with van der Waals surface area (Å²) in [4.78, 5) is 24.5. The molecule has 1 N–H and O–H groups in total. The Bertz CT molecular complexity index is 1110. The molecule has 1 aliphatic heterocycles. The lowest BCUT2D eigenvalue weighted by Gasteiger charge is -2.26. The Hall–Kier alpha value is -2.72. The summed E-state index contributed by atoms with van der Waals surface area (Å²) in [6.07, 6.45) is 1.63. The van der Waals surface area contributed by atoms with Crippen LogP contribution < -0.4 is 5.32 Å². The fourth-order valence-corrected chi connectivity index (χ4v) is 4.61. The third-order valence-electron chi connectivity index (χ3n) is 4.63. The van der Waals surface area contributed by atoms with Crippen molar-refractivity contribution in [3.63, 3.8) is 0 Å². The number of nitrogens with zero attached hydrogens (tertiary/aromatic N) is 1. The Morgan fingerprint density at radius 3 is 2.59 bits per heavy atom. The number of halogens is 1. The molecule has 1 heterocycles. The van der Waals surface area contributed by atoms with E-state index in [9.17, 15) is 18.0 Å². The minimum absolute atomic E-state index is 0.0614. The number of nitrogens with one attached hydrogen (secondary N) is 1. The van der Waals surface area contributed by atoms with Gasteiger partial charge in [0, 0.05) is 29.9 Å². The monoisotopic (exact) mass is 478 g/mol. The van der Waals surface area contributed by atoms with Crippen LogP contribution in [-0.2, 0) is 29.1 Å². The summed E-state index contributed by atoms with van der Waals surface area (Å²) in [5.41, 5.74) is 0.992. The van der Waals surface area contributed by atoms with Crippen LogP contribution in [0, 0.1) is 0 Å². The number of amides is 1. The first-order valence-electron chi connectivity index (χ1n) is 9.89. The summed E-state index contributed by atoms with van der Waals surface area (Å²) >= 11 is 5.90. The molecular weight excluding hydrogens is 456 g/mol. The van der Waals surface area contributed by atoms with Gasteiger partial charge in [-0.15, -0.1) is 0 Å². The van der Waals surface area contributed by atoms with E-state index in [4.69, 9.17) is 21.1 Å². The molecule has 32 heavy (non-hydrogen) atoms. The number of carbonyl (C=O) groups is 2. The van der Waals surface area contributed by atoms with Gasteiger partial charge in [0.05, 0.1) is 18.1 Å². The van der Waals surface area contributed by atoms with Gasteiger partial charge in [0.2, 0.25) is 10.0 Å². The lowest BCUT2D eigenvalue weighted by Crippen LogP contribution is -2.40. The van der Waals surface area contributed by atoms with Crippen molar-refractivity contribution in [1.29, 1.82) is 0 Å². The molecule has 1 aliphatic rings. The Kier molecular flexibility index (Phi) is 8.03. The lowest BCUT2D eigenvalue weighted by molar-refractivity contribution is -0.148. The quantitative estimate of drug-likeness (QED) is 0.485. The van der Waals surface area contributed by atoms with E-state index in [0.29, 0.717) is 23.8 Å². The molecule has 0 bridgehead atoms. The van der Waals surface area contributed by atoms with Crippen molar-refractivity contribution in [1.82, 2.24) is 4.31 Å². The van der Waals surface area contributed by atoms with Gasteiger partial charge >= 0.3 is 5.97 Å². The second kappa shape index (κ2) is 10.7. The zero-order valence-electron chi connectivity index (χ0n) is 17.4. The molecule has 0 aliphatic carbocycles. The number of morpholine rings is 1. The molecule has 0 spiro atoms. The Morgan fingerprint density at radius 1 is 1.16 bits per heavy atom. The first-order valence-corrected chi connectivity index (χ1v) is 11.7. The van der Waals surface area contributed by atoms with E-state index in [1.54, 1.807) is 30.3 Å². The molecule has 2 aromatic rings. The number of benzene rings is 2. The number of hydrogen-bond acceptors (Lipinski definition) is 6. The maximum atomic E-state index is 12.8. The van der Waals surface area contributed by atoms with Gasteiger partial charge in [0.15, 0.2) is 6.10 Å². The van der Waals surface area contributed by atoms with Crippen LogP contribution in [0.5, 0.6) is 0 Å². The van der Waals surface area contributed by atoms with Crippen LogP contribution in [0.2, 0.25) is 5.02 Å². The van der Waals surface area contributed by atoms with Crippen LogP contribution in [0.4, 0.5) is 5.69 Å². The number of esters is 1. The minimum Gasteiger partial charge on any atom is -0.449 e. The van der Waals surface area contributed by atoms with Gasteiger partial charge in [-0.05, 0) is 48.9 Å². The number of ether oxygens (including phenoxy) is 2. The van der Waals surface area contributed by atoms with Crippen molar-refractivity contribution < 1.29 is 27.5 Å². The molecular formula is C22H23ClN2O6S. The van der Waals surface area contributed by atoms with Gasteiger partial charge in [0.25, 0.3) is 5.91 Å². The maximum absolute atomic E-state index is 12.8. The van der Waals surface area contributed by atoms with E-state index >= 15 is 0 Å². The topological polar surface area (TPSA) is 102 Å². The molecule has 8 nitrogen and oxygen atoms in total. The molecule has 1 fully saturated rings. The Balaban J connectivity index is 1.60. The molecule has 3 rings (SSSR count). The number of rotatable bonds is 7. The van der Waals surface area contributed by atoms with Gasteiger partial charge < -0.3 is 14.8 Å². The summed E-state index contributed by atoms with van der Waals surface area (Å²) in [5, 5.41) is 3.11. The van der Waals surface area contributed by atoms with Crippen molar-refractivity contribution in [3.8, 4) is 0 Å². The molecule has 10 heteroatoms. The van der Waals surface area contributed by atoms with Crippen LogP contribution >= 0.6 is 11.6 Å². The molecule has 1 saturated heterocycles. The molecule has 1 unspecified atom stereocenters. The van der Waals surface area contributed by atoms with E-state index in [-0.39, 0.29) is 23.7 Å². The summed E-state index contributed by atoms with van der Waals surface area (Å²) in [7, 11) is -3.70. The van der Waals surface area contributed by atoms with Gasteiger partial charge in [-0.1, -0.05) is 29.8 Å². The van der Waals surface area contributed by atoms with Crippen LogP contribution in [0.3, 0.4) is 0 Å². The molecule has 170 valence electrons. The average molecular weight is 479 g/mol. The zero-order valence-corrected chi connectivity index (χ0v) is 18.9. The highest BCUT2D eigenvalue weighted by atomic mass is 35.5. The SMILES string of the molecule is CC(OC(=O)/C=C/c1cccc(Cl)c1)C(=O)Nc1cccc(S(=O)(=O)N2CCOCC2)c1. The maximum Gasteiger partial charge on any atom is 0.331 e. The van der Waals surface area contributed by atoms with Gasteiger partial charge in [0.1, 0.15) is 0 Å². The predicted octanol–water partition coefficient (Wildman–Crippen LogP) is 2.94. The zero-order chi connectivity index (χ0) is 23.1. The smallest absolute Gasteiger partial charge is 0.331 e. The summed E-state index contributed by atoms with van der Waals surface area (Å²) < 4.78 is 37.2. The minimum atomic E-state index is -3.70. The number of sulfonamides is 1. The van der Waals surface area contributed by atoms with Crippen molar-refractivity contribution >= 4 is 45.3 Å². The normalized spacial score (nSPS) is 15.9. The Labute approximate surface area is 191 Å². The van der Waals surface area contributed by atoms with E-state index < -0.39 is 28.0 Å². The lowest BCUT2D eigenvalue weighted by atomic mass is 10.2. The summed E-state index contributed by atoms with van der Waals surface area (Å²) in [5.74, 6) is -1.29. The third-order valence-corrected chi connectivity index (χ3v) is 6.76. The van der Waals surface area contributed by atoms with E-state index in [1.165, 1.54) is 41.6 Å². The molecule has 2 aromatic carbocycles. The number of carbonyl (C=O) groups excluding carboxylic acids is 2. The molecule has 1 amide bonds.